The van der Waals surface area contributed by atoms with Crippen LogP contribution in [0.5, 0.6) is 5.75 Å². The van der Waals surface area contributed by atoms with Gasteiger partial charge < -0.3 is 29.5 Å². The fourth-order valence-corrected chi connectivity index (χ4v) is 4.39. The highest BCUT2D eigenvalue weighted by atomic mass is 16.5. The fraction of sp³-hybridized carbons (Fsp3) is 0.679. The normalized spacial score (nSPS) is 18.8. The molecule has 1 aliphatic heterocycles. The van der Waals surface area contributed by atoms with E-state index in [1.165, 1.54) is 7.11 Å². The summed E-state index contributed by atoms with van der Waals surface area (Å²) in [4.78, 5) is 44.6. The summed E-state index contributed by atoms with van der Waals surface area (Å²) in [5.41, 5.74) is -0.425. The number of methoxy groups -OCH3 is 1. The summed E-state index contributed by atoms with van der Waals surface area (Å²) < 4.78 is 11.2. The summed E-state index contributed by atoms with van der Waals surface area (Å²) in [7, 11) is 6.78. The highest BCUT2D eigenvalue weighted by molar-refractivity contribution is 5.99. The smallest absolute Gasteiger partial charge is 0.258 e. The lowest BCUT2D eigenvalue weighted by atomic mass is 10.0. The lowest BCUT2D eigenvalue weighted by molar-refractivity contribution is -0.149. The summed E-state index contributed by atoms with van der Waals surface area (Å²) in [5.74, 6) is 0.141. The van der Waals surface area contributed by atoms with E-state index in [-0.39, 0.29) is 17.7 Å². The minimum absolute atomic E-state index is 0.0701. The maximum Gasteiger partial charge on any atom is 0.258 e. The Morgan fingerprint density at radius 3 is 2.57 bits per heavy atom. The molecule has 1 aromatic rings. The van der Waals surface area contributed by atoms with Crippen molar-refractivity contribution in [3.8, 4) is 5.75 Å². The number of nitrogens with one attached hydrogen (secondary N) is 1. The van der Waals surface area contributed by atoms with Crippen molar-refractivity contribution in [1.29, 1.82) is 0 Å². The predicted octanol–water partition coefficient (Wildman–Crippen LogP) is 2.79. The van der Waals surface area contributed by atoms with Crippen molar-refractivity contribution < 1.29 is 23.9 Å². The van der Waals surface area contributed by atoms with Crippen LogP contribution in [0.4, 0.5) is 0 Å². The zero-order valence-corrected chi connectivity index (χ0v) is 23.5. The van der Waals surface area contributed by atoms with Crippen LogP contribution in [0.25, 0.3) is 0 Å². The van der Waals surface area contributed by atoms with Gasteiger partial charge in [-0.1, -0.05) is 12.1 Å². The Bertz CT molecular complexity index is 891. The quantitative estimate of drug-likeness (QED) is 0.558. The molecule has 1 N–H and O–H groups in total. The fourth-order valence-electron chi connectivity index (χ4n) is 4.39. The number of unbranched alkanes of at least 4 members (excludes halogenated alkanes) is 1. The number of nitrogens with zero attached hydrogens (tertiary/aromatic N) is 3. The third-order valence-corrected chi connectivity index (χ3v) is 7.01. The monoisotopic (exact) mass is 518 g/mol. The van der Waals surface area contributed by atoms with E-state index in [2.05, 4.69) is 5.32 Å². The van der Waals surface area contributed by atoms with Crippen molar-refractivity contribution in [3.63, 3.8) is 0 Å². The first-order valence-corrected chi connectivity index (χ1v) is 13.4. The molecule has 9 nitrogen and oxygen atoms in total. The van der Waals surface area contributed by atoms with Gasteiger partial charge in [-0.2, -0.15) is 0 Å². The molecule has 0 saturated carbocycles. The van der Waals surface area contributed by atoms with E-state index in [9.17, 15) is 14.4 Å². The lowest BCUT2D eigenvalue weighted by Crippen LogP contribution is -2.48. The van der Waals surface area contributed by atoms with Gasteiger partial charge in [0.2, 0.25) is 5.91 Å². The number of hydrogen-bond acceptors (Lipinski definition) is 6. The molecule has 37 heavy (non-hydrogen) atoms. The molecule has 0 radical (unpaired) electrons. The Labute approximate surface area is 222 Å². The van der Waals surface area contributed by atoms with Gasteiger partial charge in [-0.15, -0.1) is 0 Å². The molecular weight excluding hydrogens is 472 g/mol. The predicted molar refractivity (Wildman–Crippen MR) is 145 cm³/mol. The molecule has 0 bridgehead atoms. The number of para-hydroxylation sites is 1. The summed E-state index contributed by atoms with van der Waals surface area (Å²) in [6.07, 6.45) is 4.61. The Morgan fingerprint density at radius 2 is 1.84 bits per heavy atom. The van der Waals surface area contributed by atoms with Crippen LogP contribution in [-0.2, 0) is 14.3 Å². The van der Waals surface area contributed by atoms with Crippen LogP contribution in [0.1, 0.15) is 62.7 Å². The maximum absolute atomic E-state index is 13.6. The minimum Gasteiger partial charge on any atom is -0.493 e. The lowest BCUT2D eigenvalue weighted by Gasteiger charge is -2.32. The zero-order chi connectivity index (χ0) is 27.4. The highest BCUT2D eigenvalue weighted by Gasteiger charge is 2.32. The van der Waals surface area contributed by atoms with Gasteiger partial charge in [0.1, 0.15) is 17.4 Å². The molecule has 0 aromatic heterocycles. The number of carbonyl (C=O) groups is 3. The second-order valence-corrected chi connectivity index (χ2v) is 10.3. The molecule has 208 valence electrons. The molecule has 1 atom stereocenters. The average molecular weight is 519 g/mol. The van der Waals surface area contributed by atoms with Crippen LogP contribution in [0.2, 0.25) is 0 Å². The number of benzene rings is 1. The molecule has 0 saturated heterocycles. The topological polar surface area (TPSA) is 91.4 Å². The summed E-state index contributed by atoms with van der Waals surface area (Å²) in [5, 5.41) is 3.41. The van der Waals surface area contributed by atoms with Crippen molar-refractivity contribution >= 4 is 17.7 Å². The maximum atomic E-state index is 13.6. The van der Waals surface area contributed by atoms with E-state index in [0.717, 1.165) is 32.4 Å². The molecule has 0 spiro atoms. The molecule has 0 fully saturated rings. The molecule has 2 rings (SSSR count). The van der Waals surface area contributed by atoms with Crippen molar-refractivity contribution in [3.05, 3.63) is 29.8 Å². The van der Waals surface area contributed by atoms with E-state index in [4.69, 9.17) is 9.47 Å². The Kier molecular flexibility index (Phi) is 12.3. The van der Waals surface area contributed by atoms with Gasteiger partial charge in [0.15, 0.2) is 0 Å². The largest absolute Gasteiger partial charge is 0.493 e. The van der Waals surface area contributed by atoms with Crippen LogP contribution in [-0.4, -0.2) is 105 Å². The van der Waals surface area contributed by atoms with E-state index < -0.39 is 11.6 Å². The average Bonchev–Trinajstić information content (AvgIpc) is 2.89. The van der Waals surface area contributed by atoms with E-state index >= 15 is 0 Å². The first kappa shape index (κ1) is 30.6. The summed E-state index contributed by atoms with van der Waals surface area (Å²) in [6, 6.07) is 6.61. The molecule has 1 aliphatic rings. The number of fused-ring (bicyclic) bond motifs is 1. The van der Waals surface area contributed by atoms with Crippen LogP contribution in [0, 0.1) is 0 Å². The van der Waals surface area contributed by atoms with Crippen LogP contribution >= 0.6 is 0 Å². The van der Waals surface area contributed by atoms with Gasteiger partial charge in [-0.05, 0) is 77.6 Å². The Hall–Kier alpha value is -2.65. The first-order chi connectivity index (χ1) is 17.6. The Morgan fingerprint density at radius 1 is 1.14 bits per heavy atom. The van der Waals surface area contributed by atoms with Crippen LogP contribution in [0.3, 0.4) is 0 Å². The van der Waals surface area contributed by atoms with Crippen molar-refractivity contribution in [2.45, 2.75) is 64.0 Å². The molecule has 0 aliphatic carbocycles. The molecule has 0 unspecified atom stereocenters. The third kappa shape index (κ3) is 9.00. The number of amides is 3. The molecule has 1 aromatic carbocycles. The van der Waals surface area contributed by atoms with E-state index in [1.807, 2.05) is 12.1 Å². The van der Waals surface area contributed by atoms with Gasteiger partial charge in [-0.3, -0.25) is 14.4 Å². The molecule has 3 amide bonds. The Balaban J connectivity index is 2.16. The van der Waals surface area contributed by atoms with Crippen LogP contribution < -0.4 is 10.1 Å². The second kappa shape index (κ2) is 14.9. The van der Waals surface area contributed by atoms with Gasteiger partial charge in [0.05, 0.1) is 12.2 Å². The number of rotatable bonds is 7. The summed E-state index contributed by atoms with van der Waals surface area (Å²) >= 11 is 0. The van der Waals surface area contributed by atoms with E-state index in [0.29, 0.717) is 50.3 Å². The molecular formula is C28H46N4O5. The minimum atomic E-state index is -0.881. The third-order valence-electron chi connectivity index (χ3n) is 7.01. The van der Waals surface area contributed by atoms with Crippen LogP contribution in [0.15, 0.2) is 24.3 Å². The van der Waals surface area contributed by atoms with Crippen molar-refractivity contribution in [2.24, 2.45) is 0 Å². The van der Waals surface area contributed by atoms with Gasteiger partial charge in [0.25, 0.3) is 11.8 Å². The zero-order valence-electron chi connectivity index (χ0n) is 23.5. The second-order valence-electron chi connectivity index (χ2n) is 10.3. The van der Waals surface area contributed by atoms with Gasteiger partial charge in [-0.25, -0.2) is 0 Å². The molecule has 9 heteroatoms. The molecule has 1 heterocycles. The standard InChI is InChI=1S/C28H46N4O5/c1-28(2,36-6)27(35)31(4)20-11-9-15-23-26(34)30(3)19-12-10-17-29-18-13-21-37-24-16-8-7-14-22(24)25(33)32(23)5/h7-8,14,16,23,29H,9-13,15,17-21H2,1-6H3/t23-/m0/s1. The first-order valence-electron chi connectivity index (χ1n) is 13.4. The SMILES string of the molecule is COC(C)(C)C(=O)N(C)CCCC[C@H]1C(=O)N(C)CCCCNCCCOc2ccccc2C(=O)N1C. The van der Waals surface area contributed by atoms with E-state index in [1.54, 1.807) is 61.8 Å². The highest BCUT2D eigenvalue weighted by Crippen LogP contribution is 2.23. The number of carbonyl (C=O) groups excluding carboxylic acids is 3. The van der Waals surface area contributed by atoms with Crippen molar-refractivity contribution in [2.75, 3.05) is 61.0 Å². The number of ether oxygens (including phenoxy) is 2. The van der Waals surface area contributed by atoms with Gasteiger partial charge in [0, 0.05) is 41.3 Å². The summed E-state index contributed by atoms with van der Waals surface area (Å²) in [6.45, 7) is 6.93. The number of likely N-dealkylation sites (N-methyl/N-ethyl adjacent to an activating group) is 3. The van der Waals surface area contributed by atoms with Gasteiger partial charge >= 0.3 is 0 Å². The van der Waals surface area contributed by atoms with Crippen molar-refractivity contribution in [1.82, 2.24) is 20.0 Å². The number of hydrogen-bond donors (Lipinski definition) is 1.